The third-order valence-corrected chi connectivity index (χ3v) is 19.8. The zero-order valence-electron chi connectivity index (χ0n) is 64.0. The van der Waals surface area contributed by atoms with E-state index in [1.54, 1.807) is 41.6 Å². The van der Waals surface area contributed by atoms with Crippen molar-refractivity contribution in [3.63, 3.8) is 0 Å². The summed E-state index contributed by atoms with van der Waals surface area (Å²) in [4.78, 5) is 82.4. The molecule has 7 atom stereocenters. The summed E-state index contributed by atoms with van der Waals surface area (Å²) in [5.74, 6) is -8.60. The molecule has 3 aromatic heterocycles. The highest BCUT2D eigenvalue weighted by Gasteiger charge is 2.40. The molecular weight excluding hydrogens is 1580 g/mol. The number of nitrogens with one attached hydrogen (secondary N) is 4. The summed E-state index contributed by atoms with van der Waals surface area (Å²) in [6.07, 6.45) is 4.29. The first-order valence-electron chi connectivity index (χ1n) is 36.6. The van der Waals surface area contributed by atoms with Gasteiger partial charge in [-0.3, -0.25) is 38.4 Å². The Labute approximate surface area is 664 Å². The van der Waals surface area contributed by atoms with E-state index in [0.29, 0.717) is 63.7 Å². The number of halogens is 7. The molecular formula is C80H93F6IN18O8. The van der Waals surface area contributed by atoms with E-state index in [-0.39, 0.29) is 103 Å². The standard InChI is InChI=1S/C24H22F3N5O2.C21H27N5O3.C12H18IN3O2.C9H10N2O.C8H12N2.C6H4F3N/c1-14-11-32-21(13-30(14)22(33)9-15-7-17(25)23(27)18(26)8-15)20(10-28-32)31-12-19(29-24(31)34)16-5-3-2-4-6-16;1-14-11-26-18(13-24(14)20(28)29-21(2,3)4)17(10-22-26)25-12-16(23-19(25)27)15-8-6-5-7-9-15;1-8-6-16-10(9(13)5-14-16)7-15(8)11(17)18-12(2,3)4;12-9-10-6-8(11-9)7-4-2-1-3-5-7;9-6-8(10)7-4-2-1-3-5-7;7-4-1-3(10)2-5(8)6(4)9/h2-8,10,14,19H,9,11-13H2,1H3,(H,29,34);5-10,14,16H,11-13H2,1-4H3,(H,23,27);5,8H,6-7H2,1-4H3;1-5,8H,6H2,(H2,10,11,12);1-5,8H,6,9-10H2;1-2H,10H2/t14-,19?;14-,16?;8-;;;/m000.../s1. The molecule has 26 nitrogen and oxygen atoms in total. The number of urea groups is 3. The number of aromatic nitrogens is 6. The van der Waals surface area contributed by atoms with Crippen LogP contribution in [-0.2, 0) is 60.0 Å². The van der Waals surface area contributed by atoms with Crippen molar-refractivity contribution in [1.29, 1.82) is 0 Å². The Morgan fingerprint density at radius 1 is 0.522 bits per heavy atom. The third-order valence-electron chi connectivity index (χ3n) is 18.9. The Bertz CT molecular complexity index is 4760. The molecule has 4 unspecified atom stereocenters. The van der Waals surface area contributed by atoms with Crippen molar-refractivity contribution >= 4 is 75.8 Å². The topological polar surface area (TPSA) is 317 Å². The van der Waals surface area contributed by atoms with Gasteiger partial charge in [0.2, 0.25) is 5.91 Å². The number of hydrogen-bond acceptors (Lipinski definition) is 14. The Morgan fingerprint density at radius 3 is 1.30 bits per heavy atom. The van der Waals surface area contributed by atoms with Crippen LogP contribution in [0.2, 0.25) is 0 Å². The maximum Gasteiger partial charge on any atom is 0.410 e. The summed E-state index contributed by atoms with van der Waals surface area (Å²) in [5.41, 5.74) is 23.2. The number of anilines is 3. The van der Waals surface area contributed by atoms with Crippen LogP contribution in [0.15, 0.2) is 164 Å². The number of carbonyl (C=O) groups excluding carboxylic acids is 6. The summed E-state index contributed by atoms with van der Waals surface area (Å²) in [7, 11) is 0. The molecule has 0 spiro atoms. The van der Waals surface area contributed by atoms with Crippen LogP contribution in [0, 0.1) is 38.5 Å². The van der Waals surface area contributed by atoms with Crippen LogP contribution in [0.4, 0.5) is 67.4 Å². The maximum absolute atomic E-state index is 13.6. The van der Waals surface area contributed by atoms with Crippen LogP contribution in [0.5, 0.6) is 0 Å². The molecule has 6 aliphatic rings. The smallest absolute Gasteiger partial charge is 0.410 e. The lowest BCUT2D eigenvalue weighted by Crippen LogP contribution is -2.47. The normalized spacial score (nSPS) is 19.0. The van der Waals surface area contributed by atoms with Crippen molar-refractivity contribution in [2.24, 2.45) is 11.5 Å². The van der Waals surface area contributed by atoms with Gasteiger partial charge in [0.25, 0.3) is 0 Å². The van der Waals surface area contributed by atoms with Gasteiger partial charge in [-0.05, 0) is 125 Å². The van der Waals surface area contributed by atoms with Crippen molar-refractivity contribution in [2.45, 2.75) is 161 Å². The van der Waals surface area contributed by atoms with Gasteiger partial charge in [0.1, 0.15) is 11.2 Å². The van der Waals surface area contributed by atoms with E-state index in [4.69, 9.17) is 26.7 Å². The number of carbonyl (C=O) groups is 6. The van der Waals surface area contributed by atoms with Gasteiger partial charge in [0, 0.05) is 43.0 Å². The van der Waals surface area contributed by atoms with Gasteiger partial charge >= 0.3 is 30.3 Å². The molecule has 9 amide bonds. The fourth-order valence-electron chi connectivity index (χ4n) is 13.0. The van der Waals surface area contributed by atoms with Crippen molar-refractivity contribution in [1.82, 2.24) is 65.3 Å². The van der Waals surface area contributed by atoms with E-state index >= 15 is 0 Å². The number of rotatable bonds is 9. The second kappa shape index (κ2) is 37.0. The molecule has 0 aliphatic carbocycles. The van der Waals surface area contributed by atoms with Crippen LogP contribution in [0.1, 0.15) is 131 Å². The largest absolute Gasteiger partial charge is 0.444 e. The second-order valence-electron chi connectivity index (χ2n) is 29.7. The van der Waals surface area contributed by atoms with E-state index in [9.17, 15) is 55.1 Å². The number of nitrogens with zero attached hydrogens (tertiary/aromatic N) is 11. The fraction of sp³-hybridized carbons (Fsp3) is 0.362. The van der Waals surface area contributed by atoms with E-state index in [0.717, 1.165) is 73.7 Å². The Balaban J connectivity index is 0.000000154. The highest BCUT2D eigenvalue weighted by Crippen LogP contribution is 2.35. The molecule has 0 radical (unpaired) electrons. The molecule has 3 saturated heterocycles. The minimum absolute atomic E-state index is 0.0128. The zero-order valence-corrected chi connectivity index (χ0v) is 66.1. The number of nitrogen functional groups attached to an aromatic ring is 1. The van der Waals surface area contributed by atoms with Crippen LogP contribution in [-0.4, -0.2) is 136 Å². The van der Waals surface area contributed by atoms with E-state index < -0.39 is 46.1 Å². The number of nitrogens with two attached hydrogens (primary N) is 3. The first kappa shape index (κ1) is 84.3. The van der Waals surface area contributed by atoms with E-state index in [2.05, 4.69) is 59.2 Å². The van der Waals surface area contributed by atoms with Gasteiger partial charge in [-0.1, -0.05) is 121 Å². The number of hydrogen-bond donors (Lipinski definition) is 7. The first-order valence-corrected chi connectivity index (χ1v) is 37.7. The molecule has 0 saturated carbocycles. The van der Waals surface area contributed by atoms with Crippen LogP contribution < -0.4 is 48.3 Å². The molecule has 15 rings (SSSR count). The SMILES string of the molecule is C[C@H]1Cn2ncc(I)c2CN1C(=O)OC(C)(C)C.C[C@H]1Cn2ncc(N3CC(c4ccccc4)NC3=O)c2CN1C(=O)Cc1cc(F)c(F)c(F)c1.C[C@H]1Cn2ncc(N3CC(c4ccccc4)NC3=O)c2CN1C(=O)OC(C)(C)C.NCC(N)c1ccccc1.Nc1cc(F)c(F)c(F)c1.O=C1NCC(c2ccccc2)N1. The van der Waals surface area contributed by atoms with Crippen molar-refractivity contribution in [3.8, 4) is 0 Å². The molecule has 10 N–H and O–H groups in total. The van der Waals surface area contributed by atoms with Crippen LogP contribution in [0.3, 0.4) is 0 Å². The number of fused-ring (bicyclic) bond motifs is 3. The number of benzene rings is 6. The molecule has 33 heteroatoms. The molecule has 3 fully saturated rings. The Kier molecular flexibility index (Phi) is 27.6. The summed E-state index contributed by atoms with van der Waals surface area (Å²) in [6, 6.07) is 41.6. The molecule has 6 aromatic carbocycles. The average molecular weight is 1680 g/mol. The Hall–Kier alpha value is -11.2. The molecule has 113 heavy (non-hydrogen) atoms. The van der Waals surface area contributed by atoms with Gasteiger partial charge in [-0.25, -0.2) is 50.3 Å². The highest BCUT2D eigenvalue weighted by molar-refractivity contribution is 14.1. The quantitative estimate of drug-likeness (QED) is 0.0306. The first-order chi connectivity index (χ1) is 53.6. The molecule has 9 heterocycles. The highest BCUT2D eigenvalue weighted by atomic mass is 127. The van der Waals surface area contributed by atoms with Gasteiger partial charge in [-0.15, -0.1) is 0 Å². The summed E-state index contributed by atoms with van der Waals surface area (Å²) in [5, 5.41) is 24.7. The van der Waals surface area contributed by atoms with E-state index in [1.807, 2.05) is 199 Å². The van der Waals surface area contributed by atoms with Gasteiger partial charge in [0.15, 0.2) is 34.9 Å². The van der Waals surface area contributed by atoms with E-state index in [1.165, 1.54) is 0 Å². The van der Waals surface area contributed by atoms with Crippen LogP contribution in [0.25, 0.3) is 0 Å². The average Bonchev–Trinajstić information content (AvgIpc) is 1.62. The molecule has 6 aliphatic heterocycles. The fourth-order valence-corrected chi connectivity index (χ4v) is 13.6. The van der Waals surface area contributed by atoms with Gasteiger partial charge in [0.05, 0.1) is 140 Å². The minimum Gasteiger partial charge on any atom is -0.444 e. The predicted octanol–water partition coefficient (Wildman–Crippen LogP) is 12.8. The van der Waals surface area contributed by atoms with Gasteiger partial charge < -0.3 is 52.8 Å². The second-order valence-corrected chi connectivity index (χ2v) is 30.9. The molecule has 600 valence electrons. The lowest BCUT2D eigenvalue weighted by molar-refractivity contribution is -0.134. The number of ether oxygens (including phenoxy) is 2. The zero-order chi connectivity index (χ0) is 81.8. The molecule has 0 bridgehead atoms. The summed E-state index contributed by atoms with van der Waals surface area (Å²) in [6.45, 7) is 22.0. The van der Waals surface area contributed by atoms with Crippen molar-refractivity contribution < 1.29 is 64.6 Å². The summed E-state index contributed by atoms with van der Waals surface area (Å²) >= 11 is 2.25. The summed E-state index contributed by atoms with van der Waals surface area (Å²) < 4.78 is 94.5. The van der Waals surface area contributed by atoms with Crippen LogP contribution >= 0.6 is 22.6 Å². The number of amides is 9. The van der Waals surface area contributed by atoms with Gasteiger partial charge in [-0.2, -0.15) is 15.3 Å². The predicted molar refractivity (Wildman–Crippen MR) is 421 cm³/mol. The lowest BCUT2D eigenvalue weighted by Gasteiger charge is -2.35. The lowest BCUT2D eigenvalue weighted by atomic mass is 10.1. The monoisotopic (exact) mass is 1670 g/mol. The molecule has 9 aromatic rings. The maximum atomic E-state index is 13.6. The minimum atomic E-state index is -1.56. The van der Waals surface area contributed by atoms with Crippen molar-refractivity contribution in [2.75, 3.05) is 41.7 Å². The Morgan fingerprint density at radius 2 is 0.894 bits per heavy atom. The van der Waals surface area contributed by atoms with Crippen molar-refractivity contribution in [3.05, 3.63) is 248 Å². The third kappa shape index (κ3) is 21.7.